The van der Waals surface area contributed by atoms with Crippen molar-refractivity contribution in [2.24, 2.45) is 0 Å². The molecule has 6 nitrogen and oxygen atoms in total. The van der Waals surface area contributed by atoms with Crippen LogP contribution in [0.3, 0.4) is 0 Å². The second-order valence-corrected chi connectivity index (χ2v) is 6.83. The van der Waals surface area contributed by atoms with Crippen LogP contribution in [0.2, 0.25) is 0 Å². The number of carbonyl (C=O) groups is 2. The van der Waals surface area contributed by atoms with Crippen LogP contribution in [-0.2, 0) is 4.79 Å². The summed E-state index contributed by atoms with van der Waals surface area (Å²) < 4.78 is 5.22. The Morgan fingerprint density at radius 2 is 1.88 bits per heavy atom. The van der Waals surface area contributed by atoms with Gasteiger partial charge in [-0.05, 0) is 43.4 Å². The van der Waals surface area contributed by atoms with Gasteiger partial charge in [0.1, 0.15) is 5.75 Å². The molecular formula is C19H27N3O3. The Morgan fingerprint density at radius 3 is 2.56 bits per heavy atom. The summed E-state index contributed by atoms with van der Waals surface area (Å²) in [6.07, 6.45) is 6.27. The molecule has 0 spiro atoms. The topological polar surface area (TPSA) is 70.7 Å². The molecule has 1 aliphatic carbocycles. The van der Waals surface area contributed by atoms with Gasteiger partial charge in [0.15, 0.2) is 0 Å². The van der Waals surface area contributed by atoms with Gasteiger partial charge in [-0.1, -0.05) is 25.0 Å². The smallest absolute Gasteiger partial charge is 0.315 e. The number of urea groups is 1. The monoisotopic (exact) mass is 345 g/mol. The first kappa shape index (κ1) is 17.6. The number of nitrogens with zero attached hydrogens (tertiary/aromatic N) is 1. The highest BCUT2D eigenvalue weighted by atomic mass is 16.5. The van der Waals surface area contributed by atoms with Crippen molar-refractivity contribution < 1.29 is 14.3 Å². The van der Waals surface area contributed by atoms with E-state index in [0.29, 0.717) is 6.04 Å². The molecule has 136 valence electrons. The Hall–Kier alpha value is -2.24. The first-order valence-electron chi connectivity index (χ1n) is 9.15. The van der Waals surface area contributed by atoms with E-state index in [1.807, 2.05) is 29.2 Å². The first-order chi connectivity index (χ1) is 12.2. The largest absolute Gasteiger partial charge is 0.497 e. The minimum atomic E-state index is -0.244. The third kappa shape index (κ3) is 4.87. The maximum absolute atomic E-state index is 12.7. The molecular weight excluding hydrogens is 318 g/mol. The van der Waals surface area contributed by atoms with E-state index < -0.39 is 0 Å². The van der Waals surface area contributed by atoms with E-state index in [1.165, 1.54) is 0 Å². The van der Waals surface area contributed by atoms with E-state index in [9.17, 15) is 9.59 Å². The highest BCUT2D eigenvalue weighted by Crippen LogP contribution is 2.31. The zero-order valence-electron chi connectivity index (χ0n) is 14.8. The number of nitrogens with one attached hydrogen (secondary N) is 2. The van der Waals surface area contributed by atoms with Crippen molar-refractivity contribution in [1.29, 1.82) is 0 Å². The van der Waals surface area contributed by atoms with E-state index in [-0.39, 0.29) is 24.5 Å². The number of rotatable bonds is 5. The zero-order chi connectivity index (χ0) is 17.6. The molecule has 1 unspecified atom stereocenters. The average molecular weight is 345 g/mol. The maximum Gasteiger partial charge on any atom is 0.315 e. The van der Waals surface area contributed by atoms with Crippen LogP contribution in [0.1, 0.15) is 50.1 Å². The van der Waals surface area contributed by atoms with Gasteiger partial charge in [0.05, 0.1) is 19.7 Å². The zero-order valence-corrected chi connectivity index (χ0v) is 14.8. The lowest BCUT2D eigenvalue weighted by atomic mass is 10.0. The van der Waals surface area contributed by atoms with E-state index in [1.54, 1.807) is 7.11 Å². The summed E-state index contributed by atoms with van der Waals surface area (Å²) in [6.45, 7) is 0.784. The molecule has 25 heavy (non-hydrogen) atoms. The summed E-state index contributed by atoms with van der Waals surface area (Å²) in [4.78, 5) is 26.4. The van der Waals surface area contributed by atoms with Gasteiger partial charge in [0.2, 0.25) is 5.91 Å². The van der Waals surface area contributed by atoms with Gasteiger partial charge in [-0.25, -0.2) is 4.79 Å². The Morgan fingerprint density at radius 1 is 1.12 bits per heavy atom. The summed E-state index contributed by atoms with van der Waals surface area (Å²) in [6, 6.07) is 8.04. The van der Waals surface area contributed by atoms with Gasteiger partial charge < -0.3 is 20.3 Å². The standard InChI is InChI=1S/C19H27N3O3/c1-25-16-10-6-14(7-11-16)17-5-3-2-4-12-22(17)18(23)13-20-19(24)21-15-8-9-15/h6-7,10-11,15,17H,2-5,8-9,12-13H2,1H3,(H2,20,21,24). The molecule has 1 aromatic carbocycles. The predicted molar refractivity (Wildman–Crippen MR) is 95.5 cm³/mol. The molecule has 2 aliphatic rings. The maximum atomic E-state index is 12.7. The normalized spacial score (nSPS) is 20.5. The summed E-state index contributed by atoms with van der Waals surface area (Å²) in [5, 5.41) is 5.55. The third-order valence-corrected chi connectivity index (χ3v) is 4.89. The van der Waals surface area contributed by atoms with Crippen molar-refractivity contribution in [3.05, 3.63) is 29.8 Å². The molecule has 0 radical (unpaired) electrons. The van der Waals surface area contributed by atoms with Crippen molar-refractivity contribution >= 4 is 11.9 Å². The Balaban J connectivity index is 1.63. The van der Waals surface area contributed by atoms with Gasteiger partial charge in [-0.2, -0.15) is 0 Å². The molecule has 1 aromatic rings. The number of amides is 3. The molecule has 0 bridgehead atoms. The van der Waals surface area contributed by atoms with Gasteiger partial charge in [0, 0.05) is 12.6 Å². The summed E-state index contributed by atoms with van der Waals surface area (Å²) in [5.74, 6) is 0.794. The van der Waals surface area contributed by atoms with Gasteiger partial charge in [0.25, 0.3) is 0 Å². The summed E-state index contributed by atoms with van der Waals surface area (Å²) in [7, 11) is 1.65. The molecule has 2 N–H and O–H groups in total. The van der Waals surface area contributed by atoms with E-state index in [2.05, 4.69) is 10.6 Å². The Labute approximate surface area is 148 Å². The Bertz CT molecular complexity index is 598. The number of methoxy groups -OCH3 is 1. The predicted octanol–water partition coefficient (Wildman–Crippen LogP) is 2.60. The second-order valence-electron chi connectivity index (χ2n) is 6.83. The van der Waals surface area contributed by atoms with Crippen molar-refractivity contribution in [1.82, 2.24) is 15.5 Å². The highest BCUT2D eigenvalue weighted by Gasteiger charge is 2.28. The number of likely N-dealkylation sites (tertiary alicyclic amines) is 1. The molecule has 2 fully saturated rings. The van der Waals surface area contributed by atoms with Crippen LogP contribution in [0, 0.1) is 0 Å². The van der Waals surface area contributed by atoms with Gasteiger partial charge in [-0.15, -0.1) is 0 Å². The fourth-order valence-corrected chi connectivity index (χ4v) is 3.30. The fourth-order valence-electron chi connectivity index (χ4n) is 3.30. The van der Waals surface area contributed by atoms with Crippen LogP contribution in [0.5, 0.6) is 5.75 Å². The number of carbonyl (C=O) groups excluding carboxylic acids is 2. The number of hydrogen-bond acceptors (Lipinski definition) is 3. The molecule has 1 heterocycles. The van der Waals surface area contributed by atoms with Gasteiger partial charge in [-0.3, -0.25) is 4.79 Å². The molecule has 3 rings (SSSR count). The van der Waals surface area contributed by atoms with Gasteiger partial charge >= 0.3 is 6.03 Å². The van der Waals surface area contributed by atoms with E-state index >= 15 is 0 Å². The minimum Gasteiger partial charge on any atom is -0.497 e. The van der Waals surface area contributed by atoms with Crippen LogP contribution < -0.4 is 15.4 Å². The molecule has 1 saturated heterocycles. The van der Waals surface area contributed by atoms with Crippen molar-refractivity contribution in [2.75, 3.05) is 20.2 Å². The van der Waals surface area contributed by atoms with Crippen molar-refractivity contribution in [3.8, 4) is 5.75 Å². The first-order valence-corrected chi connectivity index (χ1v) is 9.15. The number of ether oxygens (including phenoxy) is 1. The summed E-state index contributed by atoms with van der Waals surface area (Å²) in [5.41, 5.74) is 1.12. The molecule has 1 saturated carbocycles. The van der Waals surface area contributed by atoms with E-state index in [0.717, 1.165) is 56.4 Å². The average Bonchev–Trinajstić information content (AvgIpc) is 3.46. The molecule has 1 atom stereocenters. The van der Waals surface area contributed by atoms with Crippen molar-refractivity contribution in [3.63, 3.8) is 0 Å². The minimum absolute atomic E-state index is 0.0198. The number of hydrogen-bond donors (Lipinski definition) is 2. The lowest BCUT2D eigenvalue weighted by Gasteiger charge is -2.30. The summed E-state index contributed by atoms with van der Waals surface area (Å²) >= 11 is 0. The number of benzene rings is 1. The fraction of sp³-hybridized carbons (Fsp3) is 0.579. The lowest BCUT2D eigenvalue weighted by Crippen LogP contribution is -2.45. The lowest BCUT2D eigenvalue weighted by molar-refractivity contribution is -0.132. The van der Waals surface area contributed by atoms with Crippen LogP contribution in [0.25, 0.3) is 0 Å². The molecule has 6 heteroatoms. The van der Waals surface area contributed by atoms with Crippen molar-refractivity contribution in [2.45, 2.75) is 50.6 Å². The Kier molecular flexibility index (Phi) is 5.79. The SMILES string of the molecule is COc1ccc(C2CCCCCN2C(=O)CNC(=O)NC2CC2)cc1. The third-order valence-electron chi connectivity index (χ3n) is 4.89. The van der Waals surface area contributed by atoms with Crippen LogP contribution >= 0.6 is 0 Å². The molecule has 0 aromatic heterocycles. The van der Waals surface area contributed by atoms with Crippen LogP contribution in [0.15, 0.2) is 24.3 Å². The molecule has 3 amide bonds. The van der Waals surface area contributed by atoms with E-state index in [4.69, 9.17) is 4.74 Å². The van der Waals surface area contributed by atoms with Crippen LogP contribution in [0.4, 0.5) is 4.79 Å². The second kappa shape index (κ2) is 8.23. The molecule has 1 aliphatic heterocycles. The highest BCUT2D eigenvalue weighted by molar-refractivity contribution is 5.84. The van der Waals surface area contributed by atoms with Crippen LogP contribution in [-0.4, -0.2) is 43.1 Å². The quantitative estimate of drug-likeness (QED) is 0.862.